The van der Waals surface area contributed by atoms with Gasteiger partial charge in [0.2, 0.25) is 5.91 Å². The molecule has 1 amide bonds. The third-order valence-electron chi connectivity index (χ3n) is 3.54. The normalized spacial score (nSPS) is 11.5. The largest absolute Gasteiger partial charge is 0.481 e. The molecule has 0 saturated carbocycles. The molecule has 142 valence electrons. The van der Waals surface area contributed by atoms with Crippen LogP contribution in [0.3, 0.4) is 0 Å². The lowest BCUT2D eigenvalue weighted by molar-refractivity contribution is -0.113. The summed E-state index contributed by atoms with van der Waals surface area (Å²) in [5.41, 5.74) is 0.829. The fraction of sp³-hybridized carbons (Fsp3) is 0.158. The minimum Gasteiger partial charge on any atom is -0.481 e. The molecule has 1 aromatic heterocycles. The maximum absolute atomic E-state index is 12.9. The molecule has 0 aliphatic heterocycles. The fourth-order valence-corrected chi connectivity index (χ4v) is 2.78. The second-order valence-electron chi connectivity index (χ2n) is 5.61. The lowest BCUT2D eigenvalue weighted by Crippen LogP contribution is -2.14. The third kappa shape index (κ3) is 5.08. The van der Waals surface area contributed by atoms with Crippen molar-refractivity contribution in [2.24, 2.45) is 0 Å². The van der Waals surface area contributed by atoms with E-state index in [1.54, 1.807) is 31.2 Å². The Morgan fingerprint density at radius 3 is 2.79 bits per heavy atom. The van der Waals surface area contributed by atoms with Crippen molar-refractivity contribution in [3.63, 3.8) is 0 Å². The van der Waals surface area contributed by atoms with Crippen molar-refractivity contribution in [2.45, 2.75) is 18.3 Å². The van der Waals surface area contributed by atoms with E-state index in [9.17, 15) is 9.18 Å². The molecule has 7 nitrogen and oxygen atoms in total. The number of amides is 1. The number of halogens is 1. The molecule has 3 rings (SSSR count). The minimum absolute atomic E-state index is 0.0363. The molecule has 0 unspecified atom stereocenters. The van der Waals surface area contributed by atoms with Gasteiger partial charge in [0.25, 0.3) is 11.1 Å². The van der Waals surface area contributed by atoms with Crippen LogP contribution in [0.5, 0.6) is 5.75 Å². The van der Waals surface area contributed by atoms with E-state index < -0.39 is 6.10 Å². The monoisotopic (exact) mass is 398 g/mol. The Balaban J connectivity index is 1.53. The molecular formula is C19H15FN4O3S. The molecule has 0 fully saturated rings. The van der Waals surface area contributed by atoms with E-state index in [2.05, 4.69) is 15.5 Å². The number of nitrogens with one attached hydrogen (secondary N) is 1. The van der Waals surface area contributed by atoms with Crippen LogP contribution < -0.4 is 10.1 Å². The number of benzene rings is 2. The number of nitrogens with zero attached hydrogens (tertiary/aromatic N) is 3. The highest BCUT2D eigenvalue weighted by atomic mass is 32.2. The van der Waals surface area contributed by atoms with E-state index in [1.807, 2.05) is 6.07 Å². The van der Waals surface area contributed by atoms with Crippen molar-refractivity contribution in [3.05, 3.63) is 65.8 Å². The van der Waals surface area contributed by atoms with Crippen molar-refractivity contribution in [3.8, 4) is 11.8 Å². The van der Waals surface area contributed by atoms with Gasteiger partial charge in [0, 0.05) is 0 Å². The predicted octanol–water partition coefficient (Wildman–Crippen LogP) is 3.95. The molecule has 0 bridgehead atoms. The zero-order valence-electron chi connectivity index (χ0n) is 14.8. The molecule has 28 heavy (non-hydrogen) atoms. The van der Waals surface area contributed by atoms with E-state index in [-0.39, 0.29) is 28.6 Å². The van der Waals surface area contributed by atoms with Crippen LogP contribution in [-0.2, 0) is 4.79 Å². The SMILES string of the molecule is C[C@@H](Oc1ccc(F)cc1)c1nnc(SCC(=O)Nc2ccccc2C#N)o1. The summed E-state index contributed by atoms with van der Waals surface area (Å²) in [6.07, 6.45) is -0.538. The number of thioether (sulfide) groups is 1. The Morgan fingerprint density at radius 1 is 1.29 bits per heavy atom. The number of hydrogen-bond donors (Lipinski definition) is 1. The molecule has 9 heteroatoms. The number of nitriles is 1. The van der Waals surface area contributed by atoms with Gasteiger partial charge in [0.05, 0.1) is 17.0 Å². The molecule has 2 aromatic carbocycles. The first kappa shape index (κ1) is 19.4. The van der Waals surface area contributed by atoms with Crippen LogP contribution in [-0.4, -0.2) is 21.9 Å². The number of carbonyl (C=O) groups excluding carboxylic acids is 1. The first-order valence-corrected chi connectivity index (χ1v) is 9.21. The van der Waals surface area contributed by atoms with E-state index in [1.165, 1.54) is 24.3 Å². The lowest BCUT2D eigenvalue weighted by atomic mass is 10.2. The van der Waals surface area contributed by atoms with E-state index in [0.29, 0.717) is 17.0 Å². The highest BCUT2D eigenvalue weighted by Crippen LogP contribution is 2.24. The van der Waals surface area contributed by atoms with Crippen molar-refractivity contribution in [1.29, 1.82) is 5.26 Å². The average molecular weight is 398 g/mol. The summed E-state index contributed by atoms with van der Waals surface area (Å²) in [7, 11) is 0. The molecule has 3 aromatic rings. The van der Waals surface area contributed by atoms with Crippen LogP contribution in [0.4, 0.5) is 10.1 Å². The molecule has 0 aliphatic carbocycles. The van der Waals surface area contributed by atoms with Gasteiger partial charge in [-0.1, -0.05) is 23.9 Å². The first-order valence-electron chi connectivity index (χ1n) is 8.22. The summed E-state index contributed by atoms with van der Waals surface area (Å²) in [6.45, 7) is 1.72. The van der Waals surface area contributed by atoms with Crippen LogP contribution >= 0.6 is 11.8 Å². The molecule has 1 atom stereocenters. The quantitative estimate of drug-likeness (QED) is 0.601. The lowest BCUT2D eigenvalue weighted by Gasteiger charge is -2.10. The second-order valence-corrected chi connectivity index (χ2v) is 6.54. The van der Waals surface area contributed by atoms with Gasteiger partial charge in [-0.3, -0.25) is 4.79 Å². The molecule has 1 heterocycles. The summed E-state index contributed by atoms with van der Waals surface area (Å²) in [5, 5.41) is 19.7. The maximum Gasteiger partial charge on any atom is 0.277 e. The number of rotatable bonds is 7. The van der Waals surface area contributed by atoms with Crippen LogP contribution in [0.2, 0.25) is 0 Å². The van der Waals surface area contributed by atoms with E-state index in [0.717, 1.165) is 11.8 Å². The number of hydrogen-bond acceptors (Lipinski definition) is 7. The van der Waals surface area contributed by atoms with Gasteiger partial charge in [0.1, 0.15) is 17.6 Å². The molecule has 0 radical (unpaired) electrons. The van der Waals surface area contributed by atoms with Gasteiger partial charge in [-0.2, -0.15) is 5.26 Å². The van der Waals surface area contributed by atoms with Gasteiger partial charge in [-0.25, -0.2) is 4.39 Å². The highest BCUT2D eigenvalue weighted by molar-refractivity contribution is 7.99. The predicted molar refractivity (Wildman–Crippen MR) is 100 cm³/mol. The van der Waals surface area contributed by atoms with Gasteiger partial charge in [-0.05, 0) is 43.3 Å². The number of ether oxygens (including phenoxy) is 1. The van der Waals surface area contributed by atoms with Crippen LogP contribution in [0.15, 0.2) is 58.2 Å². The number of carbonyl (C=O) groups is 1. The number of aromatic nitrogens is 2. The Bertz CT molecular complexity index is 1000. The van der Waals surface area contributed by atoms with Crippen LogP contribution in [0.25, 0.3) is 0 Å². The highest BCUT2D eigenvalue weighted by Gasteiger charge is 2.17. The number of anilines is 1. The van der Waals surface area contributed by atoms with E-state index in [4.69, 9.17) is 14.4 Å². The summed E-state index contributed by atoms with van der Waals surface area (Å²) < 4.78 is 24.0. The molecule has 0 saturated heterocycles. The smallest absolute Gasteiger partial charge is 0.277 e. The van der Waals surface area contributed by atoms with Gasteiger partial charge in [-0.15, -0.1) is 10.2 Å². The van der Waals surface area contributed by atoms with Crippen molar-refractivity contribution in [1.82, 2.24) is 10.2 Å². The zero-order chi connectivity index (χ0) is 19.9. The molecular weight excluding hydrogens is 383 g/mol. The molecule has 1 N–H and O–H groups in total. The maximum atomic E-state index is 12.9. The fourth-order valence-electron chi connectivity index (χ4n) is 2.21. The Labute approximate surface area is 164 Å². The zero-order valence-corrected chi connectivity index (χ0v) is 15.6. The Hall–Kier alpha value is -3.38. The Morgan fingerprint density at radius 2 is 2.04 bits per heavy atom. The van der Waals surface area contributed by atoms with Crippen LogP contribution in [0, 0.1) is 17.1 Å². The van der Waals surface area contributed by atoms with Crippen molar-refractivity contribution in [2.75, 3.05) is 11.1 Å². The van der Waals surface area contributed by atoms with Gasteiger partial charge in [0.15, 0.2) is 6.10 Å². The van der Waals surface area contributed by atoms with Gasteiger partial charge < -0.3 is 14.5 Å². The van der Waals surface area contributed by atoms with Crippen LogP contribution in [0.1, 0.15) is 24.5 Å². The van der Waals surface area contributed by atoms with Crippen molar-refractivity contribution < 1.29 is 18.3 Å². The summed E-state index contributed by atoms with van der Waals surface area (Å²) in [6, 6.07) is 14.3. The summed E-state index contributed by atoms with van der Waals surface area (Å²) in [5.74, 6) is 0.0864. The molecule has 0 spiro atoms. The van der Waals surface area contributed by atoms with Crippen molar-refractivity contribution >= 4 is 23.4 Å². The molecule has 0 aliphatic rings. The third-order valence-corrected chi connectivity index (χ3v) is 4.36. The van der Waals surface area contributed by atoms with E-state index >= 15 is 0 Å². The second kappa shape index (κ2) is 9.01. The standard InChI is InChI=1S/C19H15FN4O3S/c1-12(26-15-8-6-14(20)7-9-15)18-23-24-19(27-18)28-11-17(25)22-16-5-3-2-4-13(16)10-21/h2-9,12H,11H2,1H3,(H,22,25)/t12-/m1/s1. The minimum atomic E-state index is -0.538. The Kier molecular flexibility index (Phi) is 6.24. The van der Waals surface area contributed by atoms with Gasteiger partial charge >= 0.3 is 0 Å². The summed E-state index contributed by atoms with van der Waals surface area (Å²) in [4.78, 5) is 12.1. The number of para-hydroxylation sites is 1. The average Bonchev–Trinajstić information content (AvgIpc) is 3.18. The topological polar surface area (TPSA) is 101 Å². The summed E-state index contributed by atoms with van der Waals surface area (Å²) >= 11 is 1.07. The first-order chi connectivity index (χ1) is 13.5.